The standard InChI is InChI=1S/C16H26O2/c1-11(2)9-13-7-8-14(12(13)3)10-15(17)18-16(4,5)6/h13-14H,1,3,7-10H2,2,4-6H3/t13?,14-/m0/s1. The largest absolute Gasteiger partial charge is 0.460 e. The molecule has 1 saturated carbocycles. The third-order valence-corrected chi connectivity index (χ3v) is 3.34. The van der Waals surface area contributed by atoms with E-state index in [1.807, 2.05) is 20.8 Å². The van der Waals surface area contributed by atoms with Crippen LogP contribution in [0.3, 0.4) is 0 Å². The van der Waals surface area contributed by atoms with Crippen LogP contribution in [0, 0.1) is 11.8 Å². The molecule has 2 atom stereocenters. The fraction of sp³-hybridized carbons (Fsp3) is 0.688. The predicted octanol–water partition coefficient (Wildman–Crippen LogP) is 4.27. The Morgan fingerprint density at radius 1 is 1.28 bits per heavy atom. The van der Waals surface area contributed by atoms with E-state index < -0.39 is 5.60 Å². The van der Waals surface area contributed by atoms with E-state index in [0.29, 0.717) is 18.3 Å². The van der Waals surface area contributed by atoms with Gasteiger partial charge < -0.3 is 4.74 Å². The molecule has 18 heavy (non-hydrogen) atoms. The van der Waals surface area contributed by atoms with E-state index in [4.69, 9.17) is 4.74 Å². The van der Waals surface area contributed by atoms with Gasteiger partial charge in [0, 0.05) is 0 Å². The van der Waals surface area contributed by atoms with Crippen molar-refractivity contribution in [2.45, 2.75) is 59.0 Å². The van der Waals surface area contributed by atoms with Gasteiger partial charge in [-0.05, 0) is 58.8 Å². The summed E-state index contributed by atoms with van der Waals surface area (Å²) in [4.78, 5) is 11.8. The molecule has 1 unspecified atom stereocenters. The highest BCUT2D eigenvalue weighted by Gasteiger charge is 2.31. The van der Waals surface area contributed by atoms with Crippen LogP contribution in [0.1, 0.15) is 53.4 Å². The Kier molecular flexibility index (Phi) is 4.78. The lowest BCUT2D eigenvalue weighted by atomic mass is 9.92. The van der Waals surface area contributed by atoms with Crippen LogP contribution in [0.4, 0.5) is 0 Å². The molecule has 2 heteroatoms. The Hall–Kier alpha value is -1.05. The molecule has 0 aliphatic heterocycles. The van der Waals surface area contributed by atoms with Crippen molar-refractivity contribution in [3.05, 3.63) is 24.3 Å². The van der Waals surface area contributed by atoms with Gasteiger partial charge in [-0.15, -0.1) is 6.58 Å². The molecule has 1 aliphatic rings. The third kappa shape index (κ3) is 4.67. The molecular weight excluding hydrogens is 224 g/mol. The number of carbonyl (C=O) groups is 1. The molecule has 102 valence electrons. The average Bonchev–Trinajstić information content (AvgIpc) is 2.46. The van der Waals surface area contributed by atoms with Crippen molar-refractivity contribution < 1.29 is 9.53 Å². The van der Waals surface area contributed by atoms with E-state index in [-0.39, 0.29) is 5.97 Å². The maximum absolute atomic E-state index is 11.8. The Balaban J connectivity index is 2.48. The lowest BCUT2D eigenvalue weighted by molar-refractivity contribution is -0.155. The predicted molar refractivity (Wildman–Crippen MR) is 75.2 cm³/mol. The lowest BCUT2D eigenvalue weighted by Crippen LogP contribution is -2.25. The Morgan fingerprint density at radius 3 is 2.22 bits per heavy atom. The van der Waals surface area contributed by atoms with Crippen molar-refractivity contribution in [3.8, 4) is 0 Å². The zero-order chi connectivity index (χ0) is 13.9. The molecule has 0 spiro atoms. The summed E-state index contributed by atoms with van der Waals surface area (Å²) in [6, 6.07) is 0. The second kappa shape index (κ2) is 5.73. The third-order valence-electron chi connectivity index (χ3n) is 3.34. The first-order valence-corrected chi connectivity index (χ1v) is 6.74. The first-order chi connectivity index (χ1) is 8.19. The number of esters is 1. The van der Waals surface area contributed by atoms with Crippen LogP contribution in [0.25, 0.3) is 0 Å². The van der Waals surface area contributed by atoms with Crippen LogP contribution in [-0.2, 0) is 9.53 Å². The number of hydrogen-bond donors (Lipinski definition) is 0. The summed E-state index contributed by atoms with van der Waals surface area (Å²) in [5.74, 6) is 0.698. The molecule has 0 saturated heterocycles. The van der Waals surface area contributed by atoms with Crippen molar-refractivity contribution in [2.75, 3.05) is 0 Å². The zero-order valence-electron chi connectivity index (χ0n) is 12.2. The van der Waals surface area contributed by atoms with E-state index in [9.17, 15) is 4.79 Å². The van der Waals surface area contributed by atoms with Crippen molar-refractivity contribution in [2.24, 2.45) is 11.8 Å². The van der Waals surface area contributed by atoms with Crippen molar-refractivity contribution in [1.29, 1.82) is 0 Å². The minimum Gasteiger partial charge on any atom is -0.460 e. The van der Waals surface area contributed by atoms with Crippen molar-refractivity contribution in [1.82, 2.24) is 0 Å². The molecule has 0 bridgehead atoms. The van der Waals surface area contributed by atoms with Crippen LogP contribution in [-0.4, -0.2) is 11.6 Å². The van der Waals surface area contributed by atoms with E-state index >= 15 is 0 Å². The summed E-state index contributed by atoms with van der Waals surface area (Å²) in [7, 11) is 0. The van der Waals surface area contributed by atoms with Gasteiger partial charge >= 0.3 is 5.97 Å². The van der Waals surface area contributed by atoms with Crippen LogP contribution in [0.15, 0.2) is 24.3 Å². The van der Waals surface area contributed by atoms with Gasteiger partial charge in [0.25, 0.3) is 0 Å². The van der Waals surface area contributed by atoms with Gasteiger partial charge in [0.05, 0.1) is 6.42 Å². The minimum atomic E-state index is -0.395. The molecule has 0 aromatic carbocycles. The van der Waals surface area contributed by atoms with Gasteiger partial charge in [-0.2, -0.15) is 0 Å². The second-order valence-corrected chi connectivity index (χ2v) is 6.50. The quantitative estimate of drug-likeness (QED) is 0.550. The van der Waals surface area contributed by atoms with E-state index in [2.05, 4.69) is 20.1 Å². The first kappa shape index (κ1) is 15.0. The molecule has 0 radical (unpaired) electrons. The topological polar surface area (TPSA) is 26.3 Å². The normalized spacial score (nSPS) is 24.1. The molecule has 2 nitrogen and oxygen atoms in total. The number of rotatable bonds is 4. The van der Waals surface area contributed by atoms with Crippen LogP contribution >= 0.6 is 0 Å². The lowest BCUT2D eigenvalue weighted by Gasteiger charge is -2.21. The highest BCUT2D eigenvalue weighted by molar-refractivity contribution is 5.70. The van der Waals surface area contributed by atoms with E-state index in [1.54, 1.807) is 0 Å². The summed E-state index contributed by atoms with van der Waals surface area (Å²) in [6.07, 6.45) is 3.65. The summed E-state index contributed by atoms with van der Waals surface area (Å²) >= 11 is 0. The zero-order valence-corrected chi connectivity index (χ0v) is 12.2. The van der Waals surface area contributed by atoms with Gasteiger partial charge in [0.15, 0.2) is 0 Å². The Bertz CT molecular complexity index is 347. The number of hydrogen-bond acceptors (Lipinski definition) is 2. The van der Waals surface area contributed by atoms with Crippen LogP contribution in [0.2, 0.25) is 0 Å². The summed E-state index contributed by atoms with van der Waals surface area (Å²) < 4.78 is 5.37. The number of carbonyl (C=O) groups excluding carboxylic acids is 1. The molecular formula is C16H26O2. The molecule has 0 aromatic rings. The summed E-state index contributed by atoms with van der Waals surface area (Å²) in [5.41, 5.74) is 2.01. The molecule has 0 aromatic heterocycles. The molecule has 1 rings (SSSR count). The highest BCUT2D eigenvalue weighted by atomic mass is 16.6. The Morgan fingerprint density at radius 2 is 1.78 bits per heavy atom. The monoisotopic (exact) mass is 250 g/mol. The van der Waals surface area contributed by atoms with Gasteiger partial charge in [-0.25, -0.2) is 0 Å². The molecule has 0 N–H and O–H groups in total. The SMILES string of the molecule is C=C(C)CC1CC[C@@H](CC(=O)OC(C)(C)C)C1=C. The van der Waals surface area contributed by atoms with Gasteiger partial charge in [0.2, 0.25) is 0 Å². The van der Waals surface area contributed by atoms with Gasteiger partial charge in [0.1, 0.15) is 5.60 Å². The fourth-order valence-electron chi connectivity index (χ4n) is 2.58. The average molecular weight is 250 g/mol. The van der Waals surface area contributed by atoms with Crippen molar-refractivity contribution >= 4 is 5.97 Å². The summed E-state index contributed by atoms with van der Waals surface area (Å²) in [5, 5.41) is 0. The fourth-order valence-corrected chi connectivity index (χ4v) is 2.58. The first-order valence-electron chi connectivity index (χ1n) is 6.74. The molecule has 1 aliphatic carbocycles. The Labute approximate surface area is 111 Å². The van der Waals surface area contributed by atoms with Crippen molar-refractivity contribution in [3.63, 3.8) is 0 Å². The number of ether oxygens (including phenoxy) is 1. The number of allylic oxidation sites excluding steroid dienone is 2. The smallest absolute Gasteiger partial charge is 0.306 e. The minimum absolute atomic E-state index is 0.107. The second-order valence-electron chi connectivity index (χ2n) is 6.50. The summed E-state index contributed by atoms with van der Waals surface area (Å²) in [6.45, 7) is 15.9. The van der Waals surface area contributed by atoms with Crippen LogP contribution < -0.4 is 0 Å². The maximum Gasteiger partial charge on any atom is 0.306 e. The molecule has 0 amide bonds. The highest BCUT2D eigenvalue weighted by Crippen LogP contribution is 2.40. The maximum atomic E-state index is 11.8. The van der Waals surface area contributed by atoms with E-state index in [1.165, 1.54) is 11.1 Å². The van der Waals surface area contributed by atoms with Gasteiger partial charge in [-0.1, -0.05) is 17.7 Å². The van der Waals surface area contributed by atoms with E-state index in [0.717, 1.165) is 19.3 Å². The van der Waals surface area contributed by atoms with Gasteiger partial charge in [-0.3, -0.25) is 4.79 Å². The van der Waals surface area contributed by atoms with Crippen LogP contribution in [0.5, 0.6) is 0 Å². The molecule has 1 fully saturated rings. The molecule has 0 heterocycles.